The standard InChI is InChI=1S/C21H15F3Si/c22-21(23,24)16-17-25(18-10-4-1-5-11-18,19-12-6-2-7-13-19)20-14-8-3-9-15-20/h1-15H. The number of hydrogen-bond acceptors (Lipinski definition) is 0. The van der Waals surface area contributed by atoms with Crippen LogP contribution in [-0.4, -0.2) is 14.3 Å². The first-order valence-electron chi connectivity index (χ1n) is 7.80. The summed E-state index contributed by atoms with van der Waals surface area (Å²) in [7, 11) is -3.11. The summed E-state index contributed by atoms with van der Waals surface area (Å²) in [6.07, 6.45) is -4.53. The van der Waals surface area contributed by atoms with Crippen molar-refractivity contribution in [3.8, 4) is 11.5 Å². The van der Waals surface area contributed by atoms with Crippen LogP contribution in [0.25, 0.3) is 0 Å². The Bertz CT molecular complexity index is 780. The first-order chi connectivity index (χ1) is 12.0. The lowest BCUT2D eigenvalue weighted by Gasteiger charge is -2.28. The largest absolute Gasteiger partial charge is 0.457 e. The lowest BCUT2D eigenvalue weighted by molar-refractivity contribution is -0.0696. The van der Waals surface area contributed by atoms with Crippen molar-refractivity contribution in [2.45, 2.75) is 6.18 Å². The van der Waals surface area contributed by atoms with Crippen LogP contribution in [0.3, 0.4) is 0 Å². The predicted octanol–water partition coefficient (Wildman–Crippen LogP) is 3.26. The molecule has 0 bridgehead atoms. The Labute approximate surface area is 146 Å². The quantitative estimate of drug-likeness (QED) is 0.386. The molecule has 25 heavy (non-hydrogen) atoms. The van der Waals surface area contributed by atoms with Gasteiger partial charge in [0.25, 0.3) is 0 Å². The van der Waals surface area contributed by atoms with E-state index in [4.69, 9.17) is 0 Å². The van der Waals surface area contributed by atoms with Gasteiger partial charge in [-0.25, -0.2) is 0 Å². The molecule has 0 aliphatic heterocycles. The fourth-order valence-electron chi connectivity index (χ4n) is 2.95. The Kier molecular flexibility index (Phi) is 4.78. The molecule has 0 N–H and O–H groups in total. The normalized spacial score (nSPS) is 11.5. The Hall–Kier alpha value is -2.77. The zero-order valence-electron chi connectivity index (χ0n) is 13.3. The number of rotatable bonds is 3. The van der Waals surface area contributed by atoms with Crippen molar-refractivity contribution in [2.75, 3.05) is 0 Å². The van der Waals surface area contributed by atoms with E-state index in [1.807, 2.05) is 91.0 Å². The van der Waals surface area contributed by atoms with Gasteiger partial charge in [-0.05, 0) is 15.6 Å². The van der Waals surface area contributed by atoms with Crippen molar-refractivity contribution >= 4 is 23.6 Å². The molecule has 0 saturated carbocycles. The summed E-state index contributed by atoms with van der Waals surface area (Å²) in [6.45, 7) is 0. The predicted molar refractivity (Wildman–Crippen MR) is 97.8 cm³/mol. The van der Waals surface area contributed by atoms with Crippen LogP contribution in [0, 0.1) is 11.5 Å². The molecule has 0 heterocycles. The van der Waals surface area contributed by atoms with Crippen molar-refractivity contribution in [2.24, 2.45) is 0 Å². The summed E-state index contributed by atoms with van der Waals surface area (Å²) < 4.78 is 38.9. The monoisotopic (exact) mass is 352 g/mol. The molecule has 0 atom stereocenters. The highest BCUT2D eigenvalue weighted by Gasteiger charge is 2.39. The fraction of sp³-hybridized carbons (Fsp3) is 0.0476. The molecule has 0 nitrogen and oxygen atoms in total. The average molecular weight is 352 g/mol. The van der Waals surface area contributed by atoms with Crippen LogP contribution in [-0.2, 0) is 0 Å². The average Bonchev–Trinajstić information content (AvgIpc) is 2.64. The number of benzene rings is 3. The van der Waals surface area contributed by atoms with Crippen molar-refractivity contribution in [3.63, 3.8) is 0 Å². The van der Waals surface area contributed by atoms with Gasteiger partial charge in [-0.2, -0.15) is 13.2 Å². The van der Waals surface area contributed by atoms with Gasteiger partial charge in [-0.3, -0.25) is 0 Å². The summed E-state index contributed by atoms with van der Waals surface area (Å²) in [6, 6.07) is 27.9. The van der Waals surface area contributed by atoms with Crippen molar-refractivity contribution < 1.29 is 13.2 Å². The first-order valence-corrected chi connectivity index (χ1v) is 9.80. The lowest BCUT2D eigenvalue weighted by atomic mass is 10.3. The molecule has 124 valence electrons. The summed E-state index contributed by atoms with van der Waals surface area (Å²) in [5.41, 5.74) is 2.69. The Balaban J connectivity index is 2.37. The Morgan fingerprint density at radius 3 is 1.16 bits per heavy atom. The number of hydrogen-bond donors (Lipinski definition) is 0. The minimum absolute atomic E-state index is 0.837. The molecule has 0 spiro atoms. The van der Waals surface area contributed by atoms with Gasteiger partial charge in [0.2, 0.25) is 8.07 Å². The molecule has 0 aliphatic carbocycles. The molecule has 0 unspecified atom stereocenters. The molecular formula is C21H15F3Si. The smallest absolute Gasteiger partial charge is 0.159 e. The van der Waals surface area contributed by atoms with E-state index >= 15 is 0 Å². The lowest BCUT2D eigenvalue weighted by Crippen LogP contribution is -2.66. The maximum Gasteiger partial charge on any atom is 0.457 e. The van der Waals surface area contributed by atoms with E-state index < -0.39 is 14.3 Å². The molecule has 3 rings (SSSR count). The van der Waals surface area contributed by atoms with Gasteiger partial charge in [-0.15, -0.1) is 5.54 Å². The second-order valence-corrected chi connectivity index (χ2v) is 9.08. The van der Waals surface area contributed by atoms with Gasteiger partial charge in [0.1, 0.15) is 0 Å². The SMILES string of the molecule is FC(F)(F)C#C[Si](c1ccccc1)(c1ccccc1)c1ccccc1. The Morgan fingerprint density at radius 2 is 0.880 bits per heavy atom. The topological polar surface area (TPSA) is 0 Å². The van der Waals surface area contributed by atoms with Gasteiger partial charge in [-0.1, -0.05) is 91.0 Å². The maximum atomic E-state index is 13.0. The molecule has 3 aromatic rings. The van der Waals surface area contributed by atoms with Gasteiger partial charge in [0.15, 0.2) is 0 Å². The molecular weight excluding hydrogens is 337 g/mol. The molecule has 0 amide bonds. The van der Waals surface area contributed by atoms with Crippen LogP contribution in [0.15, 0.2) is 91.0 Å². The molecule has 0 radical (unpaired) electrons. The number of alkyl halides is 3. The fourth-order valence-corrected chi connectivity index (χ4v) is 6.79. The second-order valence-electron chi connectivity index (χ2n) is 5.60. The zero-order chi connectivity index (χ0) is 17.8. The highest BCUT2D eigenvalue weighted by molar-refractivity contribution is 7.16. The first kappa shape index (κ1) is 17.1. The van der Waals surface area contributed by atoms with Crippen molar-refractivity contribution in [1.82, 2.24) is 0 Å². The maximum absolute atomic E-state index is 13.0. The molecule has 0 aliphatic rings. The van der Waals surface area contributed by atoms with Crippen molar-refractivity contribution in [1.29, 1.82) is 0 Å². The number of halogens is 3. The van der Waals surface area contributed by atoms with Crippen LogP contribution in [0.2, 0.25) is 0 Å². The van der Waals surface area contributed by atoms with E-state index in [2.05, 4.69) is 5.54 Å². The molecule has 4 heteroatoms. The van der Waals surface area contributed by atoms with Gasteiger partial charge >= 0.3 is 6.18 Å². The third-order valence-corrected chi connectivity index (χ3v) is 8.11. The van der Waals surface area contributed by atoms with E-state index in [9.17, 15) is 13.2 Å². The van der Waals surface area contributed by atoms with Crippen molar-refractivity contribution in [3.05, 3.63) is 91.0 Å². The molecule has 0 saturated heterocycles. The van der Waals surface area contributed by atoms with E-state index in [1.54, 1.807) is 5.92 Å². The summed E-state index contributed by atoms with van der Waals surface area (Å²) in [5.74, 6) is 1.57. The van der Waals surface area contributed by atoms with Gasteiger partial charge in [0.05, 0.1) is 0 Å². The van der Waals surface area contributed by atoms with Gasteiger partial charge < -0.3 is 0 Å². The van der Waals surface area contributed by atoms with Crippen LogP contribution in [0.4, 0.5) is 13.2 Å². The van der Waals surface area contributed by atoms with E-state index in [1.165, 1.54) is 0 Å². The molecule has 0 fully saturated rings. The Morgan fingerprint density at radius 1 is 0.560 bits per heavy atom. The van der Waals surface area contributed by atoms with Crippen LogP contribution in [0.5, 0.6) is 0 Å². The van der Waals surface area contributed by atoms with E-state index in [0.717, 1.165) is 15.6 Å². The van der Waals surface area contributed by atoms with Crippen LogP contribution in [0.1, 0.15) is 0 Å². The van der Waals surface area contributed by atoms with Crippen LogP contribution >= 0.6 is 0 Å². The highest BCUT2D eigenvalue weighted by atomic mass is 28.3. The van der Waals surface area contributed by atoms with E-state index in [0.29, 0.717) is 0 Å². The van der Waals surface area contributed by atoms with Crippen LogP contribution < -0.4 is 15.6 Å². The zero-order valence-corrected chi connectivity index (χ0v) is 14.3. The third kappa shape index (κ3) is 3.67. The second kappa shape index (κ2) is 7.00. The summed E-state index contributed by atoms with van der Waals surface area (Å²) in [5, 5.41) is 2.51. The minimum Gasteiger partial charge on any atom is -0.159 e. The third-order valence-electron chi connectivity index (χ3n) is 4.01. The highest BCUT2D eigenvalue weighted by Crippen LogP contribution is 2.14. The van der Waals surface area contributed by atoms with Gasteiger partial charge in [0, 0.05) is 5.92 Å². The summed E-state index contributed by atoms with van der Waals surface area (Å²) in [4.78, 5) is 0. The van der Waals surface area contributed by atoms with E-state index in [-0.39, 0.29) is 0 Å². The molecule has 3 aromatic carbocycles. The summed E-state index contributed by atoms with van der Waals surface area (Å²) >= 11 is 0. The minimum atomic E-state index is -4.53. The molecule has 0 aromatic heterocycles.